The summed E-state index contributed by atoms with van der Waals surface area (Å²) in [5, 5.41) is 0. The number of H-pyrrole nitrogens is 1. The first-order chi connectivity index (χ1) is 16.8. The minimum atomic E-state index is -4.83. The number of hydrogen-bond acceptors (Lipinski definition) is 7. The number of nitrogens with two attached hydrogens (primary N) is 1. The Morgan fingerprint density at radius 1 is 1.23 bits per heavy atom. The Bertz CT molecular complexity index is 1220. The molecule has 0 bridgehead atoms. The van der Waals surface area contributed by atoms with Gasteiger partial charge in [-0.1, -0.05) is 0 Å². The van der Waals surface area contributed by atoms with E-state index in [1.807, 2.05) is 6.20 Å². The second-order valence-corrected chi connectivity index (χ2v) is 8.62. The number of carbonyl (C=O) groups is 1. The van der Waals surface area contributed by atoms with E-state index < -0.39 is 12.1 Å². The zero-order valence-corrected chi connectivity index (χ0v) is 18.7. The van der Waals surface area contributed by atoms with E-state index in [1.54, 1.807) is 11.1 Å². The van der Waals surface area contributed by atoms with Gasteiger partial charge in [-0.2, -0.15) is 0 Å². The number of likely N-dealkylation sites (tertiary alicyclic amines) is 1. The number of rotatable bonds is 5. The molecule has 5 rings (SSSR count). The maximum Gasteiger partial charge on any atom is 0.573 e. The third-order valence-corrected chi connectivity index (χ3v) is 6.27. The van der Waals surface area contributed by atoms with Crippen LogP contribution in [-0.4, -0.2) is 64.5 Å². The van der Waals surface area contributed by atoms with Gasteiger partial charge in [0, 0.05) is 43.0 Å². The van der Waals surface area contributed by atoms with Crippen LogP contribution in [0.3, 0.4) is 0 Å². The summed E-state index contributed by atoms with van der Waals surface area (Å²) in [6, 6.07) is 3.36. The monoisotopic (exact) mass is 491 g/mol. The maximum atomic E-state index is 13.0. The number of carbonyl (C=O) groups excluding carboxylic acids is 1. The van der Waals surface area contributed by atoms with Gasteiger partial charge in [0.05, 0.1) is 25.0 Å². The number of nitrogen functional groups attached to an aromatic ring is 1. The maximum absolute atomic E-state index is 13.0. The molecule has 3 aromatic rings. The zero-order chi connectivity index (χ0) is 24.6. The van der Waals surface area contributed by atoms with Crippen LogP contribution >= 0.6 is 0 Å². The summed E-state index contributed by atoms with van der Waals surface area (Å²) in [6.07, 6.45) is 0.831. The molecule has 186 valence electrons. The van der Waals surface area contributed by atoms with Crippen molar-refractivity contribution in [3.8, 4) is 11.6 Å². The molecule has 3 N–H and O–H groups in total. The number of aromatic amines is 1. The van der Waals surface area contributed by atoms with Gasteiger partial charge >= 0.3 is 6.36 Å². The highest BCUT2D eigenvalue weighted by molar-refractivity contribution is 5.99. The molecule has 12 heteroatoms. The minimum Gasteiger partial charge on any atom is -0.471 e. The van der Waals surface area contributed by atoms with Crippen molar-refractivity contribution in [1.29, 1.82) is 0 Å². The van der Waals surface area contributed by atoms with Crippen LogP contribution < -0.4 is 15.2 Å². The second kappa shape index (κ2) is 9.25. The molecule has 2 aromatic heterocycles. The van der Waals surface area contributed by atoms with Gasteiger partial charge in [-0.25, -0.2) is 9.97 Å². The fraction of sp³-hybridized carbons (Fsp3) is 0.435. The van der Waals surface area contributed by atoms with Gasteiger partial charge in [0.2, 0.25) is 5.88 Å². The number of hydrogen-bond donors (Lipinski definition) is 2. The number of ether oxygens (including phenoxy) is 3. The van der Waals surface area contributed by atoms with Crippen LogP contribution in [-0.2, 0) is 4.74 Å². The van der Waals surface area contributed by atoms with Crippen LogP contribution in [0.2, 0.25) is 0 Å². The second-order valence-electron chi connectivity index (χ2n) is 8.62. The minimum absolute atomic E-state index is 0.0279. The molecule has 0 saturated carbocycles. The van der Waals surface area contributed by atoms with Gasteiger partial charge in [0.25, 0.3) is 5.91 Å². The van der Waals surface area contributed by atoms with Gasteiger partial charge < -0.3 is 29.8 Å². The van der Waals surface area contributed by atoms with Crippen LogP contribution in [0.1, 0.15) is 41.1 Å². The van der Waals surface area contributed by atoms with Crippen LogP contribution in [0.15, 0.2) is 30.6 Å². The molecule has 1 aromatic carbocycles. The molecule has 0 aliphatic carbocycles. The molecule has 1 unspecified atom stereocenters. The summed E-state index contributed by atoms with van der Waals surface area (Å²) in [5.41, 5.74) is 8.37. The number of benzene rings is 1. The first-order valence-corrected chi connectivity index (χ1v) is 11.3. The van der Waals surface area contributed by atoms with Crippen molar-refractivity contribution in [1.82, 2.24) is 19.9 Å². The molecule has 4 heterocycles. The topological polar surface area (TPSA) is 116 Å². The number of anilines is 1. The molecule has 1 amide bonds. The van der Waals surface area contributed by atoms with Gasteiger partial charge in [0.1, 0.15) is 17.4 Å². The predicted octanol–water partition coefficient (Wildman–Crippen LogP) is 3.63. The molecule has 2 saturated heterocycles. The van der Waals surface area contributed by atoms with E-state index in [-0.39, 0.29) is 29.2 Å². The average Bonchev–Trinajstić information content (AvgIpc) is 3.47. The predicted molar refractivity (Wildman–Crippen MR) is 119 cm³/mol. The van der Waals surface area contributed by atoms with Crippen LogP contribution in [0, 0.1) is 0 Å². The van der Waals surface area contributed by atoms with Crippen molar-refractivity contribution in [2.24, 2.45) is 0 Å². The van der Waals surface area contributed by atoms with Gasteiger partial charge in [0.15, 0.2) is 5.65 Å². The molecule has 2 aliphatic rings. The molecule has 35 heavy (non-hydrogen) atoms. The molecule has 0 spiro atoms. The lowest BCUT2D eigenvalue weighted by molar-refractivity contribution is -0.274. The number of piperidine rings is 1. The van der Waals surface area contributed by atoms with Crippen molar-refractivity contribution in [2.75, 3.05) is 32.0 Å². The quantitative estimate of drug-likeness (QED) is 0.524. The highest BCUT2D eigenvalue weighted by Crippen LogP contribution is 2.34. The van der Waals surface area contributed by atoms with Crippen LogP contribution in [0.25, 0.3) is 11.2 Å². The molecular formula is C23H24F3N5O4. The van der Waals surface area contributed by atoms with Gasteiger partial charge in [-0.3, -0.25) is 4.79 Å². The van der Waals surface area contributed by atoms with Crippen LogP contribution in [0.4, 0.5) is 18.9 Å². The van der Waals surface area contributed by atoms with Crippen molar-refractivity contribution >= 4 is 22.8 Å². The summed E-state index contributed by atoms with van der Waals surface area (Å²) in [5.74, 6) is -0.177. The molecule has 0 radical (unpaired) electrons. The smallest absolute Gasteiger partial charge is 0.471 e. The standard InChI is InChI=1S/C23H24F3N5O4/c24-23(25,26)35-14-1-2-16(18(27)9-14)22(32)31-6-3-13(4-7-31)17-10-28-21-20(17)30-19(11-29-21)34-15-5-8-33-12-15/h1-2,9-11,13,15H,3-8,12,27H2,(H,28,29). The van der Waals surface area contributed by atoms with Crippen molar-refractivity contribution in [3.05, 3.63) is 41.7 Å². The third-order valence-electron chi connectivity index (χ3n) is 6.27. The summed E-state index contributed by atoms with van der Waals surface area (Å²) in [6.45, 7) is 2.15. The average molecular weight is 491 g/mol. The Kier molecular flexibility index (Phi) is 6.13. The first kappa shape index (κ1) is 23.2. The molecule has 9 nitrogen and oxygen atoms in total. The number of amides is 1. The van der Waals surface area contributed by atoms with E-state index in [0.29, 0.717) is 50.7 Å². The SMILES string of the molecule is Nc1cc(OC(F)(F)F)ccc1C(=O)N1CCC(c2c[nH]c3ncc(OC4CCOC4)nc23)CC1. The number of nitrogens with zero attached hydrogens (tertiary/aromatic N) is 3. The van der Waals surface area contributed by atoms with Gasteiger partial charge in [-0.05, 0) is 30.9 Å². The van der Waals surface area contributed by atoms with E-state index in [2.05, 4.69) is 19.7 Å². The van der Waals surface area contributed by atoms with Crippen molar-refractivity contribution < 1.29 is 32.2 Å². The Morgan fingerprint density at radius 2 is 2.03 bits per heavy atom. The fourth-order valence-corrected chi connectivity index (χ4v) is 4.54. The highest BCUT2D eigenvalue weighted by Gasteiger charge is 2.32. The summed E-state index contributed by atoms with van der Waals surface area (Å²) >= 11 is 0. The van der Waals surface area contributed by atoms with E-state index in [1.165, 1.54) is 6.07 Å². The Hall–Kier alpha value is -3.54. The zero-order valence-electron chi connectivity index (χ0n) is 18.7. The highest BCUT2D eigenvalue weighted by atomic mass is 19.4. The summed E-state index contributed by atoms with van der Waals surface area (Å²) in [7, 11) is 0. The number of fused-ring (bicyclic) bond motifs is 1. The van der Waals surface area contributed by atoms with Crippen LogP contribution in [0.5, 0.6) is 11.6 Å². The van der Waals surface area contributed by atoms with Crippen molar-refractivity contribution in [2.45, 2.75) is 37.6 Å². The number of aromatic nitrogens is 3. The molecule has 2 fully saturated rings. The molecule has 1 atom stereocenters. The van der Waals surface area contributed by atoms with Crippen molar-refractivity contribution in [3.63, 3.8) is 0 Å². The third kappa shape index (κ3) is 5.11. The fourth-order valence-electron chi connectivity index (χ4n) is 4.54. The largest absolute Gasteiger partial charge is 0.573 e. The number of halogens is 3. The first-order valence-electron chi connectivity index (χ1n) is 11.3. The Labute approximate surface area is 198 Å². The molecule has 2 aliphatic heterocycles. The van der Waals surface area contributed by atoms with E-state index in [9.17, 15) is 18.0 Å². The lowest BCUT2D eigenvalue weighted by Gasteiger charge is -2.32. The van der Waals surface area contributed by atoms with E-state index in [4.69, 9.17) is 15.2 Å². The number of nitrogens with one attached hydrogen (secondary N) is 1. The summed E-state index contributed by atoms with van der Waals surface area (Å²) < 4.78 is 52.4. The lowest BCUT2D eigenvalue weighted by atomic mass is 9.90. The van der Waals surface area contributed by atoms with Gasteiger partial charge in [-0.15, -0.1) is 13.2 Å². The van der Waals surface area contributed by atoms with E-state index >= 15 is 0 Å². The Morgan fingerprint density at radius 3 is 2.71 bits per heavy atom. The van der Waals surface area contributed by atoms with E-state index in [0.717, 1.165) is 29.6 Å². The number of alkyl halides is 3. The lowest BCUT2D eigenvalue weighted by Crippen LogP contribution is -2.38. The Balaban J connectivity index is 1.25. The molecular weight excluding hydrogens is 467 g/mol. The summed E-state index contributed by atoms with van der Waals surface area (Å²) in [4.78, 5) is 26.8. The normalized spacial score (nSPS) is 19.3.